The Labute approximate surface area is 707 Å². The van der Waals surface area contributed by atoms with Gasteiger partial charge in [-0.25, -0.2) is 9.13 Å². The number of esters is 2. The maximum Gasteiger partial charge on any atom is 0.472 e. The second-order valence-electron chi connectivity index (χ2n) is 32.5. The van der Waals surface area contributed by atoms with Crippen molar-refractivity contribution >= 4 is 51.2 Å². The Hall–Kier alpha value is -3.72. The molecule has 1 aliphatic rings. The third-order valence-electron chi connectivity index (χ3n) is 20.6. The summed E-state index contributed by atoms with van der Waals surface area (Å²) in [6, 6.07) is -1.97. The number of amides is 4. The molecule has 1 heterocycles. The van der Waals surface area contributed by atoms with Crippen molar-refractivity contribution in [3.8, 4) is 0 Å². The van der Waals surface area contributed by atoms with Crippen molar-refractivity contribution < 1.29 is 104 Å². The first kappa shape index (κ1) is 111. The maximum absolute atomic E-state index is 13.9. The van der Waals surface area contributed by atoms with E-state index in [2.05, 4.69) is 87.1 Å². The number of hydrogen-bond acceptors (Lipinski definition) is 20. The van der Waals surface area contributed by atoms with Gasteiger partial charge in [-0.1, -0.05) is 271 Å². The quantitative estimate of drug-likeness (QED) is 0.0121. The summed E-state index contributed by atoms with van der Waals surface area (Å²) < 4.78 is 83.5. The number of allylic oxidation sites excluding steroid dienone is 4. The van der Waals surface area contributed by atoms with Gasteiger partial charge in [0.25, 0.3) is 11.8 Å². The molecule has 0 bridgehead atoms. The summed E-state index contributed by atoms with van der Waals surface area (Å²) in [6.07, 6.45) is 50.1. The lowest BCUT2D eigenvalue weighted by atomic mass is 10.0. The van der Waals surface area contributed by atoms with Gasteiger partial charge in [-0.3, -0.25) is 46.9 Å². The molecule has 0 saturated carbocycles. The van der Waals surface area contributed by atoms with Crippen molar-refractivity contribution in [1.29, 1.82) is 0 Å². The fraction of sp³-hybridized carbons (Fsp3) is 0.888. The van der Waals surface area contributed by atoms with Gasteiger partial charge in [0.05, 0.1) is 76.8 Å². The van der Waals surface area contributed by atoms with E-state index in [0.717, 1.165) is 167 Å². The molecule has 1 aliphatic heterocycles. The molecule has 4 amide bonds. The van der Waals surface area contributed by atoms with Gasteiger partial charge < -0.3 is 69.7 Å². The normalized spacial score (nSPS) is 16.8. The minimum Gasteiger partial charge on any atom is -0.462 e. The molecule has 6 unspecified atom stereocenters. The molecule has 686 valence electrons. The molecule has 0 spiro atoms. The lowest BCUT2D eigenvalue weighted by molar-refractivity contribution is -0.159. The number of carbonyl (C=O) groups excluding carboxylic acids is 6. The molecule has 0 aliphatic carbocycles. The van der Waals surface area contributed by atoms with Gasteiger partial charge in [-0.2, -0.15) is 0 Å². The number of phosphoric acid groups is 2. The number of hydrogen-bond donors (Lipinski definition) is 8. The number of unbranched alkanes of at least 4 members (excludes halogenated alkanes) is 34. The Morgan fingerprint density at radius 2 is 0.667 bits per heavy atom. The van der Waals surface area contributed by atoms with Crippen molar-refractivity contribution in [2.24, 2.45) is 0 Å². The van der Waals surface area contributed by atoms with E-state index in [4.69, 9.17) is 46.5 Å². The molecule has 0 aromatic carbocycles. The second-order valence-corrected chi connectivity index (χ2v) is 35.4. The maximum atomic E-state index is 13.9. The van der Waals surface area contributed by atoms with Gasteiger partial charge in [-0.05, 0) is 117 Å². The largest absolute Gasteiger partial charge is 0.472 e. The summed E-state index contributed by atoms with van der Waals surface area (Å²) >= 11 is 0. The van der Waals surface area contributed by atoms with Crippen LogP contribution in [0.1, 0.15) is 389 Å². The standard InChI is InChI=1S/C89H168N4O22P2/c1-9-15-21-27-31-35-39-45-51-57-79(112-83(98)59-53-47-41-37-33-29-23-17-11-3)69-81(96)92-75(71-106-65-61-77(94)55-49-43-25-19-13-5)73-110-116(102,103)108-67-63-90-87(100)85-86(115-89(7,8)114-85)88(101)91-64-68-109-117(104,105)111-74-76(72-107-66-62-78(95)56-50-44-26-20-14-6)93-82(97)70-80(58-52-46-40-36-32-28-22-16-10-2)113-84(99)60-54-48-42-38-34-30-24-18-12-4/h37-38,41-42,75-80,85-86,94-95H,9-36,39-40,43-74H2,1-8H3,(H,90,100)(H,91,101)(H,92,96)(H,93,97)(H,102,103)(H,104,105)/b41-37+,42-38+/t75?,76?,77-,78-,79-,80-,85?,86?/m1/s1. The minimum atomic E-state index is -4.88. The third-order valence-corrected chi connectivity index (χ3v) is 22.6. The zero-order chi connectivity index (χ0) is 86.2. The van der Waals surface area contributed by atoms with Gasteiger partial charge in [0.1, 0.15) is 12.2 Å². The predicted molar refractivity (Wildman–Crippen MR) is 463 cm³/mol. The average Bonchev–Trinajstić information content (AvgIpc) is 1.66. The Morgan fingerprint density at radius 3 is 0.991 bits per heavy atom. The molecular formula is C89H168N4O22P2. The van der Waals surface area contributed by atoms with Crippen LogP contribution in [0.25, 0.3) is 0 Å². The summed E-state index contributed by atoms with van der Waals surface area (Å²) in [5, 5.41) is 32.1. The van der Waals surface area contributed by atoms with E-state index in [1.165, 1.54) is 104 Å². The zero-order valence-electron chi connectivity index (χ0n) is 74.3. The van der Waals surface area contributed by atoms with Crippen LogP contribution in [0.3, 0.4) is 0 Å². The molecule has 1 rings (SSSR count). The van der Waals surface area contributed by atoms with Crippen LogP contribution in [0, 0.1) is 0 Å². The number of aliphatic hydroxyl groups is 2. The highest BCUT2D eigenvalue weighted by molar-refractivity contribution is 7.47. The third kappa shape index (κ3) is 67.5. The zero-order valence-corrected chi connectivity index (χ0v) is 76.1. The molecule has 1 saturated heterocycles. The van der Waals surface area contributed by atoms with Crippen LogP contribution < -0.4 is 21.3 Å². The van der Waals surface area contributed by atoms with Gasteiger partial charge >= 0.3 is 27.6 Å². The van der Waals surface area contributed by atoms with Crippen molar-refractivity contribution in [1.82, 2.24) is 21.3 Å². The molecule has 117 heavy (non-hydrogen) atoms. The fourth-order valence-corrected chi connectivity index (χ4v) is 15.2. The Balaban J connectivity index is 3.11. The fourth-order valence-electron chi connectivity index (χ4n) is 13.7. The van der Waals surface area contributed by atoms with Crippen LogP contribution in [-0.4, -0.2) is 176 Å². The van der Waals surface area contributed by atoms with E-state index < -0.39 is 120 Å². The number of nitrogens with one attached hydrogen (secondary N) is 4. The minimum absolute atomic E-state index is 0.133. The number of carbonyl (C=O) groups is 6. The highest BCUT2D eigenvalue weighted by Gasteiger charge is 2.49. The number of phosphoric ester groups is 2. The van der Waals surface area contributed by atoms with Crippen LogP contribution in [0.4, 0.5) is 0 Å². The molecule has 0 aromatic rings. The van der Waals surface area contributed by atoms with E-state index in [1.807, 2.05) is 0 Å². The lowest BCUT2D eigenvalue weighted by Crippen LogP contribution is -2.48. The van der Waals surface area contributed by atoms with Crippen molar-refractivity contribution in [3.63, 3.8) is 0 Å². The Bertz CT molecular complexity index is 2460. The van der Waals surface area contributed by atoms with Crippen molar-refractivity contribution in [3.05, 3.63) is 24.3 Å². The molecule has 26 nitrogen and oxygen atoms in total. The van der Waals surface area contributed by atoms with Gasteiger partial charge in [0.15, 0.2) is 18.0 Å². The summed E-state index contributed by atoms with van der Waals surface area (Å²) in [6.45, 7) is 13.0. The molecule has 0 aromatic heterocycles. The van der Waals surface area contributed by atoms with Crippen LogP contribution >= 0.6 is 15.6 Å². The van der Waals surface area contributed by atoms with Crippen LogP contribution in [0.15, 0.2) is 24.3 Å². The van der Waals surface area contributed by atoms with E-state index in [9.17, 15) is 57.9 Å². The van der Waals surface area contributed by atoms with Gasteiger partial charge in [-0.15, -0.1) is 0 Å². The average molecular weight is 1710 g/mol. The van der Waals surface area contributed by atoms with Crippen LogP contribution in [-0.2, 0) is 84.4 Å². The Kier molecular flexibility index (Phi) is 71.2. The molecule has 1 fully saturated rings. The van der Waals surface area contributed by atoms with E-state index >= 15 is 0 Å². The Morgan fingerprint density at radius 1 is 0.376 bits per heavy atom. The van der Waals surface area contributed by atoms with Gasteiger partial charge in [0.2, 0.25) is 11.8 Å². The topological polar surface area (TPSA) is 358 Å². The second kappa shape index (κ2) is 74.9. The number of ether oxygens (including phenoxy) is 6. The lowest BCUT2D eigenvalue weighted by Gasteiger charge is -2.23. The molecule has 28 heteroatoms. The van der Waals surface area contributed by atoms with E-state index in [1.54, 1.807) is 0 Å². The molecule has 10 atom stereocenters. The molecular weight excluding hydrogens is 1540 g/mol. The van der Waals surface area contributed by atoms with Crippen LogP contribution in [0.5, 0.6) is 0 Å². The molecule has 8 N–H and O–H groups in total. The first-order chi connectivity index (χ1) is 56.4. The SMILES string of the molecule is CCCCCC/C=C/CCCC(=O)O[C@H](CCCCCCCCCCC)CC(=O)NC(COCC[C@H](O)CCCCCCC)COP(=O)(O)OCCNC(=O)C1OC(C)(C)OC1C(=O)NCCOP(=O)(O)OCC(COCC[C@H](O)CCCCCCC)NC(=O)C[C@@H](CCCCCCCCCCC)OC(=O)CCC/C=C/CCCCCC. The monoisotopic (exact) mass is 1710 g/mol. The van der Waals surface area contributed by atoms with E-state index in [-0.39, 0.29) is 77.1 Å². The van der Waals surface area contributed by atoms with Crippen molar-refractivity contribution in [2.45, 2.75) is 444 Å². The summed E-state index contributed by atoms with van der Waals surface area (Å²) in [7, 11) is -9.77. The van der Waals surface area contributed by atoms with Crippen molar-refractivity contribution in [2.75, 3.05) is 65.9 Å². The highest BCUT2D eigenvalue weighted by Crippen LogP contribution is 2.44. The first-order valence-electron chi connectivity index (χ1n) is 46.4. The van der Waals surface area contributed by atoms with Crippen LogP contribution in [0.2, 0.25) is 0 Å². The number of aliphatic hydroxyl groups excluding tert-OH is 2. The first-order valence-corrected chi connectivity index (χ1v) is 49.3. The summed E-state index contributed by atoms with van der Waals surface area (Å²) in [5.74, 6) is -4.88. The number of rotatable bonds is 84. The summed E-state index contributed by atoms with van der Waals surface area (Å²) in [4.78, 5) is 103. The highest BCUT2D eigenvalue weighted by atomic mass is 31.2. The van der Waals surface area contributed by atoms with E-state index in [0.29, 0.717) is 51.4 Å². The van der Waals surface area contributed by atoms with Gasteiger partial charge in [0, 0.05) is 39.1 Å². The predicted octanol–water partition coefficient (Wildman–Crippen LogP) is 19.1. The molecule has 0 radical (unpaired) electrons. The smallest absolute Gasteiger partial charge is 0.462 e. The summed E-state index contributed by atoms with van der Waals surface area (Å²) in [5.41, 5.74) is 0.